The normalized spacial score (nSPS) is 11.0. The van der Waals surface area contributed by atoms with Gasteiger partial charge in [-0.2, -0.15) is 5.26 Å². The van der Waals surface area contributed by atoms with Crippen LogP contribution in [0.5, 0.6) is 11.7 Å². The molecule has 1 amide bonds. The van der Waals surface area contributed by atoms with Crippen molar-refractivity contribution in [3.63, 3.8) is 0 Å². The molecule has 0 aliphatic carbocycles. The maximum Gasteiger partial charge on any atom is 0.305 e. The number of carbonyl (C=O) groups excluding carboxylic acids is 1. The molecule has 2 aromatic rings. The number of amides is 1. The van der Waals surface area contributed by atoms with Gasteiger partial charge in [0.1, 0.15) is 27.6 Å². The van der Waals surface area contributed by atoms with Gasteiger partial charge in [-0.25, -0.2) is 0 Å². The van der Waals surface area contributed by atoms with E-state index in [1.807, 2.05) is 6.07 Å². The Bertz CT molecular complexity index is 809. The molecule has 0 saturated carbocycles. The number of hydrogen-bond acceptors (Lipinski definition) is 5. The van der Waals surface area contributed by atoms with Crippen molar-refractivity contribution in [1.82, 2.24) is 5.32 Å². The van der Waals surface area contributed by atoms with Gasteiger partial charge >= 0.3 is 5.95 Å². The number of nitrogens with zero attached hydrogens (tertiary/aromatic N) is 1. The Morgan fingerprint density at radius 2 is 2.16 bits per heavy atom. The van der Waals surface area contributed by atoms with Crippen molar-refractivity contribution in [2.24, 2.45) is 0 Å². The minimum atomic E-state index is -0.507. The van der Waals surface area contributed by atoms with Crippen LogP contribution in [0.3, 0.4) is 0 Å². The molecule has 0 fully saturated rings. The summed E-state index contributed by atoms with van der Waals surface area (Å²) in [6, 6.07) is 10.2. The molecule has 130 valence electrons. The van der Waals surface area contributed by atoms with Gasteiger partial charge in [-0.05, 0) is 40.2 Å². The maximum atomic E-state index is 11.9. The molecule has 0 unspecified atom stereocenters. The van der Waals surface area contributed by atoms with Crippen LogP contribution in [0.4, 0.5) is 0 Å². The Hall–Kier alpha value is -2.27. The molecule has 0 aliphatic heterocycles. The minimum absolute atomic E-state index is 0.0876. The van der Waals surface area contributed by atoms with Gasteiger partial charge in [0.05, 0.1) is 6.61 Å². The van der Waals surface area contributed by atoms with E-state index < -0.39 is 5.91 Å². The van der Waals surface area contributed by atoms with Gasteiger partial charge in [0.2, 0.25) is 0 Å². The standard InChI is InChI=1S/C17H14BrClN2O4/c1-23-7-6-21-16(22)11(10-20)8-14-9-15(18)17(25-14)24-13-4-2-12(19)3-5-13/h2-5,8-9H,6-7H2,1H3,(H,21,22)/b11-8+. The van der Waals surface area contributed by atoms with Crippen molar-refractivity contribution in [3.8, 4) is 17.8 Å². The Morgan fingerprint density at radius 3 is 2.80 bits per heavy atom. The van der Waals surface area contributed by atoms with Crippen LogP contribution in [-0.2, 0) is 9.53 Å². The Morgan fingerprint density at radius 1 is 1.44 bits per heavy atom. The quantitative estimate of drug-likeness (QED) is 0.409. The molecule has 0 atom stereocenters. The lowest BCUT2D eigenvalue weighted by atomic mass is 10.2. The van der Waals surface area contributed by atoms with Gasteiger partial charge in [0.25, 0.3) is 5.91 Å². The number of nitrogens with one attached hydrogen (secondary N) is 1. The molecule has 0 aliphatic rings. The third-order valence-electron chi connectivity index (χ3n) is 2.94. The van der Waals surface area contributed by atoms with Crippen molar-refractivity contribution in [1.29, 1.82) is 5.26 Å². The third kappa shape index (κ3) is 5.64. The number of hydrogen-bond donors (Lipinski definition) is 1. The zero-order chi connectivity index (χ0) is 18.2. The molecule has 6 nitrogen and oxygen atoms in total. The Kier molecular flexibility index (Phi) is 7.07. The Labute approximate surface area is 158 Å². The molecular formula is C17H14BrClN2O4. The molecule has 0 radical (unpaired) electrons. The highest BCUT2D eigenvalue weighted by Crippen LogP contribution is 2.34. The van der Waals surface area contributed by atoms with E-state index in [2.05, 4.69) is 21.2 Å². The number of nitriles is 1. The zero-order valence-corrected chi connectivity index (χ0v) is 15.6. The van der Waals surface area contributed by atoms with Gasteiger partial charge < -0.3 is 19.2 Å². The second-order valence-electron chi connectivity index (χ2n) is 4.76. The summed E-state index contributed by atoms with van der Waals surface area (Å²) in [4.78, 5) is 11.9. The van der Waals surface area contributed by atoms with Crippen molar-refractivity contribution in [2.45, 2.75) is 0 Å². The molecule has 1 heterocycles. The van der Waals surface area contributed by atoms with E-state index in [1.54, 1.807) is 30.3 Å². The summed E-state index contributed by atoms with van der Waals surface area (Å²) in [6.07, 6.45) is 1.33. The van der Waals surface area contributed by atoms with Gasteiger partial charge in [0, 0.05) is 30.8 Å². The Balaban J connectivity index is 2.13. The first-order chi connectivity index (χ1) is 12.0. The van der Waals surface area contributed by atoms with Crippen LogP contribution >= 0.6 is 27.5 Å². The first-order valence-corrected chi connectivity index (χ1v) is 8.32. The van der Waals surface area contributed by atoms with Gasteiger partial charge in [0.15, 0.2) is 0 Å². The topological polar surface area (TPSA) is 84.5 Å². The van der Waals surface area contributed by atoms with Crippen molar-refractivity contribution >= 4 is 39.5 Å². The summed E-state index contributed by atoms with van der Waals surface area (Å²) in [5.74, 6) is 0.528. The summed E-state index contributed by atoms with van der Waals surface area (Å²) in [6.45, 7) is 0.664. The SMILES string of the molecule is COCCNC(=O)/C(C#N)=C/c1cc(Br)c(Oc2ccc(Cl)cc2)o1. The average molecular weight is 426 g/mol. The first kappa shape index (κ1) is 19.1. The highest BCUT2D eigenvalue weighted by atomic mass is 79.9. The first-order valence-electron chi connectivity index (χ1n) is 7.15. The van der Waals surface area contributed by atoms with Gasteiger partial charge in [-0.15, -0.1) is 0 Å². The molecule has 1 N–H and O–H groups in total. The van der Waals surface area contributed by atoms with E-state index in [9.17, 15) is 4.79 Å². The van der Waals surface area contributed by atoms with E-state index in [1.165, 1.54) is 13.2 Å². The number of carbonyl (C=O) groups is 1. The lowest BCUT2D eigenvalue weighted by Crippen LogP contribution is -2.27. The summed E-state index contributed by atoms with van der Waals surface area (Å²) in [7, 11) is 1.52. The number of methoxy groups -OCH3 is 1. The van der Waals surface area contributed by atoms with Gasteiger partial charge in [-0.1, -0.05) is 11.6 Å². The maximum absolute atomic E-state index is 11.9. The molecular weight excluding hydrogens is 412 g/mol. The number of benzene rings is 1. The number of furan rings is 1. The number of halogens is 2. The van der Waals surface area contributed by atoms with Crippen LogP contribution in [0.2, 0.25) is 5.02 Å². The van der Waals surface area contributed by atoms with Crippen LogP contribution in [0, 0.1) is 11.3 Å². The molecule has 2 rings (SSSR count). The number of rotatable bonds is 7. The molecule has 8 heteroatoms. The van der Waals surface area contributed by atoms with Crippen molar-refractivity contribution in [2.75, 3.05) is 20.3 Å². The second kappa shape index (κ2) is 9.28. The van der Waals surface area contributed by atoms with Crippen LogP contribution < -0.4 is 10.1 Å². The molecule has 0 bridgehead atoms. The molecule has 0 spiro atoms. The summed E-state index contributed by atoms with van der Waals surface area (Å²) < 4.78 is 16.5. The van der Waals surface area contributed by atoms with Gasteiger partial charge in [-0.3, -0.25) is 4.79 Å². The molecule has 1 aromatic carbocycles. The summed E-state index contributed by atoms with van der Waals surface area (Å²) >= 11 is 9.14. The minimum Gasteiger partial charge on any atom is -0.425 e. The highest BCUT2D eigenvalue weighted by molar-refractivity contribution is 9.10. The predicted molar refractivity (Wildman–Crippen MR) is 96.4 cm³/mol. The van der Waals surface area contributed by atoms with E-state index in [4.69, 9.17) is 30.8 Å². The lowest BCUT2D eigenvalue weighted by molar-refractivity contribution is -0.117. The van der Waals surface area contributed by atoms with Crippen LogP contribution in [0.25, 0.3) is 6.08 Å². The van der Waals surface area contributed by atoms with E-state index in [0.29, 0.717) is 34.2 Å². The molecule has 0 saturated heterocycles. The monoisotopic (exact) mass is 424 g/mol. The van der Waals surface area contributed by atoms with Crippen LogP contribution in [0.15, 0.2) is 44.8 Å². The number of ether oxygens (including phenoxy) is 2. The summed E-state index contributed by atoms with van der Waals surface area (Å²) in [5.41, 5.74) is -0.0876. The predicted octanol–water partition coefficient (Wildman–Crippen LogP) is 4.16. The average Bonchev–Trinajstić information content (AvgIpc) is 2.94. The fourth-order valence-corrected chi connectivity index (χ4v) is 2.29. The highest BCUT2D eigenvalue weighted by Gasteiger charge is 2.14. The van der Waals surface area contributed by atoms with Crippen molar-refractivity contribution < 1.29 is 18.7 Å². The van der Waals surface area contributed by atoms with E-state index in [0.717, 1.165) is 0 Å². The summed E-state index contributed by atoms with van der Waals surface area (Å²) in [5, 5.41) is 12.3. The van der Waals surface area contributed by atoms with E-state index in [-0.39, 0.29) is 11.5 Å². The lowest BCUT2D eigenvalue weighted by Gasteiger charge is -2.03. The fraction of sp³-hybridized carbons (Fsp3) is 0.176. The fourth-order valence-electron chi connectivity index (χ4n) is 1.77. The molecule has 1 aromatic heterocycles. The smallest absolute Gasteiger partial charge is 0.305 e. The van der Waals surface area contributed by atoms with Crippen molar-refractivity contribution in [3.05, 3.63) is 51.2 Å². The largest absolute Gasteiger partial charge is 0.425 e. The zero-order valence-electron chi connectivity index (χ0n) is 13.2. The van der Waals surface area contributed by atoms with Crippen LogP contribution in [-0.4, -0.2) is 26.2 Å². The van der Waals surface area contributed by atoms with E-state index >= 15 is 0 Å². The molecule has 25 heavy (non-hydrogen) atoms. The van der Waals surface area contributed by atoms with Crippen LogP contribution in [0.1, 0.15) is 5.76 Å². The second-order valence-corrected chi connectivity index (χ2v) is 6.05. The third-order valence-corrected chi connectivity index (χ3v) is 3.75.